The van der Waals surface area contributed by atoms with Crippen molar-refractivity contribution in [1.29, 1.82) is 0 Å². The van der Waals surface area contributed by atoms with E-state index < -0.39 is 10.0 Å². The normalized spacial score (nSPS) is 20.1. The second-order valence-electron chi connectivity index (χ2n) is 4.61. The minimum absolute atomic E-state index is 0.0143. The van der Waals surface area contributed by atoms with Gasteiger partial charge in [-0.2, -0.15) is 4.31 Å². The molecule has 0 amide bonds. The third-order valence-corrected chi connectivity index (χ3v) is 5.95. The lowest BCUT2D eigenvalue weighted by molar-refractivity contribution is 0.0979. The van der Waals surface area contributed by atoms with Gasteiger partial charge in [0.05, 0.1) is 11.0 Å². The van der Waals surface area contributed by atoms with E-state index in [1.54, 1.807) is 19.2 Å². The third kappa shape index (κ3) is 3.28. The van der Waals surface area contributed by atoms with Gasteiger partial charge in [-0.3, -0.25) is 0 Å². The molecule has 0 saturated carbocycles. The number of rotatable bonds is 4. The fraction of sp³-hybridized carbons (Fsp3) is 0.500. The Morgan fingerprint density at radius 2 is 2.26 bits per heavy atom. The molecule has 2 rings (SSSR count). The zero-order chi connectivity index (χ0) is 14.0. The number of nitrogens with zero attached hydrogens (tertiary/aromatic N) is 1. The Balaban J connectivity index is 2.22. The fourth-order valence-electron chi connectivity index (χ4n) is 2.06. The molecular weight excluding hydrogens is 332 g/mol. The summed E-state index contributed by atoms with van der Waals surface area (Å²) in [4.78, 5) is 0.188. The van der Waals surface area contributed by atoms with Crippen LogP contribution in [0.4, 0.5) is 5.69 Å². The molecule has 7 heteroatoms. The van der Waals surface area contributed by atoms with Gasteiger partial charge in [0.15, 0.2) is 0 Å². The molecule has 0 aromatic heterocycles. The van der Waals surface area contributed by atoms with E-state index in [-0.39, 0.29) is 11.0 Å². The molecule has 1 aromatic carbocycles. The van der Waals surface area contributed by atoms with Crippen LogP contribution in [-0.2, 0) is 14.8 Å². The van der Waals surface area contributed by atoms with Crippen molar-refractivity contribution in [2.45, 2.75) is 23.8 Å². The predicted octanol–water partition coefficient (Wildman–Crippen LogP) is 1.83. The maximum Gasteiger partial charge on any atom is 0.244 e. The van der Waals surface area contributed by atoms with E-state index in [0.29, 0.717) is 23.3 Å². The van der Waals surface area contributed by atoms with E-state index in [4.69, 9.17) is 10.5 Å². The van der Waals surface area contributed by atoms with Gasteiger partial charge in [-0.1, -0.05) is 0 Å². The van der Waals surface area contributed by atoms with Crippen molar-refractivity contribution in [3.05, 3.63) is 22.7 Å². The molecule has 1 heterocycles. The summed E-state index contributed by atoms with van der Waals surface area (Å²) in [6.07, 6.45) is 1.87. The zero-order valence-corrected chi connectivity index (χ0v) is 13.1. The number of nitrogen functional groups attached to an aromatic ring is 1. The first-order chi connectivity index (χ1) is 8.91. The highest BCUT2D eigenvalue weighted by Crippen LogP contribution is 2.27. The Morgan fingerprint density at radius 1 is 1.53 bits per heavy atom. The van der Waals surface area contributed by atoms with Crippen LogP contribution >= 0.6 is 15.9 Å². The minimum Gasteiger partial charge on any atom is -0.399 e. The van der Waals surface area contributed by atoms with Gasteiger partial charge in [-0.05, 0) is 47.0 Å². The van der Waals surface area contributed by atoms with Crippen LogP contribution in [0.2, 0.25) is 0 Å². The van der Waals surface area contributed by atoms with Gasteiger partial charge < -0.3 is 10.5 Å². The molecule has 1 aromatic rings. The summed E-state index contributed by atoms with van der Waals surface area (Å²) in [7, 11) is -1.99. The van der Waals surface area contributed by atoms with Crippen LogP contribution in [0.25, 0.3) is 0 Å². The molecule has 1 aliphatic rings. The van der Waals surface area contributed by atoms with E-state index >= 15 is 0 Å². The summed E-state index contributed by atoms with van der Waals surface area (Å²) >= 11 is 3.25. The molecule has 0 spiro atoms. The Bertz CT molecular complexity index is 556. The van der Waals surface area contributed by atoms with Gasteiger partial charge in [0.2, 0.25) is 10.0 Å². The van der Waals surface area contributed by atoms with Crippen molar-refractivity contribution in [2.24, 2.45) is 0 Å². The average molecular weight is 349 g/mol. The predicted molar refractivity (Wildman–Crippen MR) is 77.3 cm³/mol. The largest absolute Gasteiger partial charge is 0.399 e. The van der Waals surface area contributed by atoms with Gasteiger partial charge in [0.1, 0.15) is 0 Å². The molecule has 5 nitrogen and oxygen atoms in total. The number of sulfonamides is 1. The Morgan fingerprint density at radius 3 is 2.89 bits per heavy atom. The molecule has 0 bridgehead atoms. The molecule has 0 aliphatic carbocycles. The van der Waals surface area contributed by atoms with Crippen molar-refractivity contribution in [2.75, 3.05) is 25.9 Å². The number of nitrogens with two attached hydrogens (primary N) is 1. The number of halogens is 1. The van der Waals surface area contributed by atoms with Gasteiger partial charge >= 0.3 is 0 Å². The van der Waals surface area contributed by atoms with E-state index in [9.17, 15) is 8.42 Å². The van der Waals surface area contributed by atoms with Crippen molar-refractivity contribution in [1.82, 2.24) is 4.31 Å². The minimum atomic E-state index is -3.55. The van der Waals surface area contributed by atoms with Gasteiger partial charge in [-0.25, -0.2) is 8.42 Å². The highest BCUT2D eigenvalue weighted by atomic mass is 79.9. The number of likely N-dealkylation sites (N-methyl/N-ethyl adjacent to an activating group) is 1. The highest BCUT2D eigenvalue weighted by molar-refractivity contribution is 9.10. The maximum absolute atomic E-state index is 12.5. The topological polar surface area (TPSA) is 72.6 Å². The standard InChI is InChI=1S/C12H17BrN2O3S/c1-15(8-10-3-2-6-18-10)19(16,17)12-7-9(14)4-5-11(12)13/h4-5,7,10H,2-3,6,8,14H2,1H3. The Hall–Kier alpha value is -0.630. The molecule has 19 heavy (non-hydrogen) atoms. The fourth-order valence-corrected chi connectivity index (χ4v) is 4.22. The number of ether oxygens (including phenoxy) is 1. The summed E-state index contributed by atoms with van der Waals surface area (Å²) in [6.45, 7) is 1.07. The van der Waals surface area contributed by atoms with Crippen LogP contribution < -0.4 is 5.73 Å². The summed E-state index contributed by atoms with van der Waals surface area (Å²) < 4.78 is 32.3. The molecule has 1 fully saturated rings. The van der Waals surface area contributed by atoms with Crippen LogP contribution in [0.5, 0.6) is 0 Å². The lowest BCUT2D eigenvalue weighted by Gasteiger charge is -2.21. The van der Waals surface area contributed by atoms with Crippen molar-refractivity contribution < 1.29 is 13.2 Å². The van der Waals surface area contributed by atoms with Crippen LogP contribution in [0.15, 0.2) is 27.6 Å². The molecule has 2 N–H and O–H groups in total. The molecule has 1 atom stereocenters. The first-order valence-corrected chi connectivity index (χ1v) is 8.27. The SMILES string of the molecule is CN(CC1CCCO1)S(=O)(=O)c1cc(N)ccc1Br. The average Bonchev–Trinajstić information content (AvgIpc) is 2.85. The molecular formula is C12H17BrN2O3S. The maximum atomic E-state index is 12.5. The number of hydrogen-bond acceptors (Lipinski definition) is 4. The highest BCUT2D eigenvalue weighted by Gasteiger charge is 2.27. The van der Waals surface area contributed by atoms with E-state index in [0.717, 1.165) is 12.8 Å². The van der Waals surface area contributed by atoms with Crippen LogP contribution in [0, 0.1) is 0 Å². The molecule has 1 unspecified atom stereocenters. The second kappa shape index (κ2) is 5.78. The summed E-state index contributed by atoms with van der Waals surface area (Å²) in [5.74, 6) is 0. The molecule has 0 radical (unpaired) electrons. The first kappa shape index (κ1) is 14.8. The van der Waals surface area contributed by atoms with Crippen molar-refractivity contribution in [3.8, 4) is 0 Å². The van der Waals surface area contributed by atoms with Crippen LogP contribution in [0.3, 0.4) is 0 Å². The number of benzene rings is 1. The van der Waals surface area contributed by atoms with Gasteiger partial charge in [-0.15, -0.1) is 0 Å². The van der Waals surface area contributed by atoms with Crippen LogP contribution in [-0.4, -0.2) is 39.0 Å². The zero-order valence-electron chi connectivity index (χ0n) is 10.7. The lowest BCUT2D eigenvalue weighted by Crippen LogP contribution is -2.34. The lowest BCUT2D eigenvalue weighted by atomic mass is 10.2. The third-order valence-electron chi connectivity index (χ3n) is 3.13. The Kier molecular flexibility index (Phi) is 4.50. The molecule has 1 aliphatic heterocycles. The van der Waals surface area contributed by atoms with Crippen LogP contribution in [0.1, 0.15) is 12.8 Å². The molecule has 1 saturated heterocycles. The summed E-state index contributed by atoms with van der Waals surface area (Å²) in [6, 6.07) is 4.76. The van der Waals surface area contributed by atoms with Gasteiger partial charge in [0, 0.05) is 30.4 Å². The van der Waals surface area contributed by atoms with E-state index in [2.05, 4.69) is 15.9 Å². The summed E-state index contributed by atoms with van der Waals surface area (Å²) in [5.41, 5.74) is 6.08. The van der Waals surface area contributed by atoms with E-state index in [1.165, 1.54) is 10.4 Å². The first-order valence-electron chi connectivity index (χ1n) is 6.04. The molecule has 106 valence electrons. The number of hydrogen-bond donors (Lipinski definition) is 1. The van der Waals surface area contributed by atoms with Crippen molar-refractivity contribution >= 4 is 31.6 Å². The number of anilines is 1. The quantitative estimate of drug-likeness (QED) is 0.842. The monoisotopic (exact) mass is 348 g/mol. The van der Waals surface area contributed by atoms with E-state index in [1.807, 2.05) is 0 Å². The Labute approximate surface area is 121 Å². The van der Waals surface area contributed by atoms with Gasteiger partial charge in [0.25, 0.3) is 0 Å². The van der Waals surface area contributed by atoms with Crippen molar-refractivity contribution in [3.63, 3.8) is 0 Å². The smallest absolute Gasteiger partial charge is 0.244 e. The second-order valence-corrected chi connectivity index (χ2v) is 7.48. The summed E-state index contributed by atoms with van der Waals surface area (Å²) in [5, 5.41) is 0.